The van der Waals surface area contributed by atoms with Crippen molar-refractivity contribution in [3.63, 3.8) is 0 Å². The summed E-state index contributed by atoms with van der Waals surface area (Å²) < 4.78 is 4.60. The summed E-state index contributed by atoms with van der Waals surface area (Å²) in [7, 11) is 1.36. The van der Waals surface area contributed by atoms with E-state index in [-0.39, 0.29) is 24.3 Å². The molecule has 1 rings (SSSR count). The third kappa shape index (κ3) is 3.20. The Morgan fingerprint density at radius 3 is 2.67 bits per heavy atom. The molecule has 2 unspecified atom stereocenters. The van der Waals surface area contributed by atoms with Crippen molar-refractivity contribution in [2.75, 3.05) is 20.2 Å². The zero-order chi connectivity index (χ0) is 11.4. The SMILES string of the molecule is COC(=O)CN1CC(C(N)=O)CCC1C. The van der Waals surface area contributed by atoms with Gasteiger partial charge in [-0.2, -0.15) is 0 Å². The number of hydrogen-bond donors (Lipinski definition) is 1. The second-order valence-corrected chi connectivity index (χ2v) is 4.03. The number of ether oxygens (including phenoxy) is 1. The summed E-state index contributed by atoms with van der Waals surface area (Å²) in [5, 5.41) is 0. The van der Waals surface area contributed by atoms with Gasteiger partial charge >= 0.3 is 5.97 Å². The van der Waals surface area contributed by atoms with Crippen molar-refractivity contribution in [3.05, 3.63) is 0 Å². The van der Waals surface area contributed by atoms with Gasteiger partial charge in [0.2, 0.25) is 5.91 Å². The van der Waals surface area contributed by atoms with E-state index in [0.29, 0.717) is 12.6 Å². The maximum Gasteiger partial charge on any atom is 0.319 e. The average Bonchev–Trinajstić information content (AvgIpc) is 2.20. The molecule has 2 N–H and O–H groups in total. The normalized spacial score (nSPS) is 27.3. The number of carbonyl (C=O) groups excluding carboxylic acids is 2. The van der Waals surface area contributed by atoms with E-state index >= 15 is 0 Å². The smallest absolute Gasteiger partial charge is 0.319 e. The van der Waals surface area contributed by atoms with Crippen molar-refractivity contribution >= 4 is 11.9 Å². The van der Waals surface area contributed by atoms with Gasteiger partial charge in [0.1, 0.15) is 0 Å². The Balaban J connectivity index is 2.53. The Hall–Kier alpha value is -1.10. The first-order valence-corrected chi connectivity index (χ1v) is 5.14. The van der Waals surface area contributed by atoms with Crippen LogP contribution in [0.2, 0.25) is 0 Å². The zero-order valence-electron chi connectivity index (χ0n) is 9.23. The molecular formula is C10H18N2O3. The van der Waals surface area contributed by atoms with Crippen molar-refractivity contribution in [2.45, 2.75) is 25.8 Å². The Morgan fingerprint density at radius 1 is 1.47 bits per heavy atom. The fourth-order valence-electron chi connectivity index (χ4n) is 1.86. The third-order valence-electron chi connectivity index (χ3n) is 2.97. The van der Waals surface area contributed by atoms with Crippen LogP contribution >= 0.6 is 0 Å². The van der Waals surface area contributed by atoms with E-state index in [4.69, 9.17) is 5.73 Å². The minimum atomic E-state index is -0.281. The molecule has 1 aliphatic rings. The number of nitrogens with zero attached hydrogens (tertiary/aromatic N) is 1. The van der Waals surface area contributed by atoms with E-state index in [1.165, 1.54) is 7.11 Å². The summed E-state index contributed by atoms with van der Waals surface area (Å²) in [5.41, 5.74) is 5.26. The Kier molecular flexibility index (Phi) is 4.08. The molecule has 1 saturated heterocycles. The standard InChI is InChI=1S/C10H18N2O3/c1-7-3-4-8(10(11)14)5-12(7)6-9(13)15-2/h7-8H,3-6H2,1-2H3,(H2,11,14). The van der Waals surface area contributed by atoms with Gasteiger partial charge in [0.15, 0.2) is 0 Å². The van der Waals surface area contributed by atoms with Crippen LogP contribution in [0.4, 0.5) is 0 Å². The van der Waals surface area contributed by atoms with Crippen LogP contribution in [0.15, 0.2) is 0 Å². The fourth-order valence-corrected chi connectivity index (χ4v) is 1.86. The molecule has 0 aromatic carbocycles. The quantitative estimate of drug-likeness (QED) is 0.657. The number of rotatable bonds is 3. The van der Waals surface area contributed by atoms with Crippen LogP contribution in [0.3, 0.4) is 0 Å². The Labute approximate surface area is 89.6 Å². The highest BCUT2D eigenvalue weighted by molar-refractivity contribution is 5.77. The van der Waals surface area contributed by atoms with Gasteiger partial charge < -0.3 is 10.5 Å². The number of piperidine rings is 1. The van der Waals surface area contributed by atoms with Crippen LogP contribution in [0.1, 0.15) is 19.8 Å². The second-order valence-electron chi connectivity index (χ2n) is 4.03. The van der Waals surface area contributed by atoms with Gasteiger partial charge in [-0.1, -0.05) is 0 Å². The average molecular weight is 214 g/mol. The van der Waals surface area contributed by atoms with E-state index in [1.54, 1.807) is 0 Å². The molecule has 15 heavy (non-hydrogen) atoms. The minimum Gasteiger partial charge on any atom is -0.468 e. The molecule has 0 aromatic heterocycles. The van der Waals surface area contributed by atoms with Crippen molar-refractivity contribution in [1.82, 2.24) is 4.90 Å². The largest absolute Gasteiger partial charge is 0.468 e. The molecule has 5 heteroatoms. The Morgan fingerprint density at radius 2 is 2.13 bits per heavy atom. The zero-order valence-corrected chi connectivity index (χ0v) is 9.23. The van der Waals surface area contributed by atoms with Crippen LogP contribution in [0.25, 0.3) is 0 Å². The van der Waals surface area contributed by atoms with Crippen LogP contribution < -0.4 is 5.73 Å². The predicted molar refractivity (Wildman–Crippen MR) is 55.0 cm³/mol. The van der Waals surface area contributed by atoms with Gasteiger partial charge in [-0.25, -0.2) is 0 Å². The molecular weight excluding hydrogens is 196 g/mol. The van der Waals surface area contributed by atoms with Gasteiger partial charge in [-0.3, -0.25) is 14.5 Å². The Bertz CT molecular complexity index is 255. The number of amides is 1. The number of nitrogens with two attached hydrogens (primary N) is 1. The van der Waals surface area contributed by atoms with Crippen LogP contribution in [0.5, 0.6) is 0 Å². The van der Waals surface area contributed by atoms with Crippen LogP contribution in [-0.2, 0) is 14.3 Å². The molecule has 1 heterocycles. The molecule has 2 atom stereocenters. The van der Waals surface area contributed by atoms with Crippen molar-refractivity contribution in [2.24, 2.45) is 11.7 Å². The molecule has 1 amide bonds. The predicted octanol–water partition coefficient (Wildman–Crippen LogP) is -0.255. The number of likely N-dealkylation sites (tertiary alicyclic amines) is 1. The molecule has 0 radical (unpaired) electrons. The van der Waals surface area contributed by atoms with E-state index in [9.17, 15) is 9.59 Å². The summed E-state index contributed by atoms with van der Waals surface area (Å²) in [6.45, 7) is 2.84. The molecule has 0 spiro atoms. The van der Waals surface area contributed by atoms with Crippen molar-refractivity contribution in [3.8, 4) is 0 Å². The molecule has 1 aliphatic heterocycles. The topological polar surface area (TPSA) is 72.6 Å². The highest BCUT2D eigenvalue weighted by Crippen LogP contribution is 2.21. The summed E-state index contributed by atoms with van der Waals surface area (Å²) in [6, 6.07) is 0.305. The van der Waals surface area contributed by atoms with E-state index < -0.39 is 0 Å². The highest BCUT2D eigenvalue weighted by Gasteiger charge is 2.29. The van der Waals surface area contributed by atoms with Gasteiger partial charge in [-0.05, 0) is 19.8 Å². The fraction of sp³-hybridized carbons (Fsp3) is 0.800. The maximum atomic E-state index is 11.1. The van der Waals surface area contributed by atoms with Gasteiger partial charge in [0.25, 0.3) is 0 Å². The van der Waals surface area contributed by atoms with E-state index in [2.05, 4.69) is 4.74 Å². The number of carbonyl (C=O) groups is 2. The summed E-state index contributed by atoms with van der Waals surface area (Å²) in [6.07, 6.45) is 1.71. The van der Waals surface area contributed by atoms with E-state index in [0.717, 1.165) is 12.8 Å². The summed E-state index contributed by atoms with van der Waals surface area (Å²) in [4.78, 5) is 24.1. The minimum absolute atomic E-state index is 0.133. The highest BCUT2D eigenvalue weighted by atomic mass is 16.5. The summed E-state index contributed by atoms with van der Waals surface area (Å²) >= 11 is 0. The molecule has 0 saturated carbocycles. The lowest BCUT2D eigenvalue weighted by Gasteiger charge is -2.35. The number of hydrogen-bond acceptors (Lipinski definition) is 4. The first-order chi connectivity index (χ1) is 7.04. The second kappa shape index (κ2) is 5.11. The van der Waals surface area contributed by atoms with E-state index in [1.807, 2.05) is 11.8 Å². The molecule has 1 fully saturated rings. The lowest BCUT2D eigenvalue weighted by atomic mass is 9.93. The van der Waals surface area contributed by atoms with Crippen LogP contribution in [-0.4, -0.2) is 43.0 Å². The molecule has 0 aliphatic carbocycles. The van der Waals surface area contributed by atoms with Gasteiger partial charge in [0, 0.05) is 12.6 Å². The molecule has 86 valence electrons. The molecule has 5 nitrogen and oxygen atoms in total. The monoisotopic (exact) mass is 214 g/mol. The van der Waals surface area contributed by atoms with Gasteiger partial charge in [-0.15, -0.1) is 0 Å². The van der Waals surface area contributed by atoms with Crippen molar-refractivity contribution in [1.29, 1.82) is 0 Å². The molecule has 0 bridgehead atoms. The maximum absolute atomic E-state index is 11.1. The number of esters is 1. The lowest BCUT2D eigenvalue weighted by molar-refractivity contribution is -0.144. The third-order valence-corrected chi connectivity index (χ3v) is 2.97. The van der Waals surface area contributed by atoms with Crippen molar-refractivity contribution < 1.29 is 14.3 Å². The number of methoxy groups -OCH3 is 1. The number of primary amides is 1. The first kappa shape index (κ1) is 12.0. The molecule has 0 aromatic rings. The van der Waals surface area contributed by atoms with Gasteiger partial charge in [0.05, 0.1) is 19.6 Å². The first-order valence-electron chi connectivity index (χ1n) is 5.14. The lowest BCUT2D eigenvalue weighted by Crippen LogP contribution is -2.47. The van der Waals surface area contributed by atoms with Crippen LogP contribution in [0, 0.1) is 5.92 Å². The summed E-state index contributed by atoms with van der Waals surface area (Å²) in [5.74, 6) is -0.686.